The van der Waals surface area contributed by atoms with Gasteiger partial charge in [-0.25, -0.2) is 0 Å². The fourth-order valence-electron chi connectivity index (χ4n) is 3.96. The summed E-state index contributed by atoms with van der Waals surface area (Å²) in [7, 11) is 0. The van der Waals surface area contributed by atoms with E-state index in [1.54, 1.807) is 0 Å². The number of hydrogen-bond acceptors (Lipinski definition) is 4. The number of piperidine rings is 1. The number of carbonyl (C=O) groups excluding carboxylic acids is 1. The first-order valence-electron chi connectivity index (χ1n) is 11.1. The molecule has 1 unspecified atom stereocenters. The number of nitrogens with one attached hydrogen (secondary N) is 1. The minimum Gasteiger partial charge on any atom is -0.466 e. The van der Waals surface area contributed by atoms with Crippen molar-refractivity contribution in [2.45, 2.75) is 46.6 Å². The van der Waals surface area contributed by atoms with E-state index in [9.17, 15) is 4.79 Å². The maximum Gasteiger partial charge on any atom is 0.309 e. The summed E-state index contributed by atoms with van der Waals surface area (Å²) in [5.74, 6) is 0.907. The molecule has 30 heavy (non-hydrogen) atoms. The van der Waals surface area contributed by atoms with Gasteiger partial charge in [0.15, 0.2) is 5.96 Å². The third kappa shape index (κ3) is 7.72. The molecule has 0 saturated carbocycles. The van der Waals surface area contributed by atoms with Crippen LogP contribution in [-0.4, -0.2) is 67.6 Å². The molecule has 6 nitrogen and oxygen atoms in total. The van der Waals surface area contributed by atoms with Crippen molar-refractivity contribution >= 4 is 35.9 Å². The number of guanidine groups is 1. The van der Waals surface area contributed by atoms with Crippen molar-refractivity contribution in [3.8, 4) is 0 Å². The molecule has 0 amide bonds. The number of likely N-dealkylation sites (tertiary alicyclic amines) is 1. The van der Waals surface area contributed by atoms with Crippen LogP contribution >= 0.6 is 24.0 Å². The van der Waals surface area contributed by atoms with Crippen molar-refractivity contribution in [2.75, 3.05) is 45.9 Å². The summed E-state index contributed by atoms with van der Waals surface area (Å²) in [6, 6.07) is 10.9. The standard InChI is InChI=1S/C23H38N4O2.HI/c1-5-24-23(27-16-14-20(15-17-27)22(28)29-8-4)25-18-21(26(6-2)7-3)19-12-10-9-11-13-19;/h9-13,20-21H,5-8,14-18H2,1-4H3,(H,24,25);1H. The lowest BCUT2D eigenvalue weighted by Crippen LogP contribution is -2.47. The zero-order valence-corrected chi connectivity index (χ0v) is 21.3. The number of benzene rings is 1. The van der Waals surface area contributed by atoms with Crippen LogP contribution in [0, 0.1) is 5.92 Å². The van der Waals surface area contributed by atoms with Crippen molar-refractivity contribution in [3.63, 3.8) is 0 Å². The van der Waals surface area contributed by atoms with Gasteiger partial charge in [-0.3, -0.25) is 14.7 Å². The van der Waals surface area contributed by atoms with Crippen LogP contribution < -0.4 is 5.32 Å². The molecule has 2 rings (SSSR count). The lowest BCUT2D eigenvalue weighted by molar-refractivity contribution is -0.149. The Hall–Kier alpha value is -1.35. The minimum atomic E-state index is -0.0558. The first-order valence-corrected chi connectivity index (χ1v) is 11.1. The monoisotopic (exact) mass is 530 g/mol. The van der Waals surface area contributed by atoms with E-state index in [1.807, 2.05) is 6.92 Å². The highest BCUT2D eigenvalue weighted by atomic mass is 127. The van der Waals surface area contributed by atoms with Crippen LogP contribution in [0.2, 0.25) is 0 Å². The van der Waals surface area contributed by atoms with Crippen molar-refractivity contribution in [2.24, 2.45) is 10.9 Å². The van der Waals surface area contributed by atoms with Crippen LogP contribution in [0.1, 0.15) is 52.1 Å². The summed E-state index contributed by atoms with van der Waals surface area (Å²) in [6.07, 6.45) is 1.64. The molecule has 0 aliphatic carbocycles. The molecule has 0 radical (unpaired) electrons. The lowest BCUT2D eigenvalue weighted by atomic mass is 9.97. The molecule has 1 N–H and O–H groups in total. The molecule has 1 heterocycles. The molecule has 1 saturated heterocycles. The van der Waals surface area contributed by atoms with E-state index in [2.05, 4.69) is 66.2 Å². The summed E-state index contributed by atoms with van der Waals surface area (Å²) < 4.78 is 5.19. The van der Waals surface area contributed by atoms with Crippen LogP contribution in [0.4, 0.5) is 0 Å². The molecule has 1 aliphatic rings. The van der Waals surface area contributed by atoms with Gasteiger partial charge in [0.05, 0.1) is 25.1 Å². The number of likely N-dealkylation sites (N-methyl/N-ethyl adjacent to an activating group) is 1. The normalized spacial score (nSPS) is 16.2. The number of carbonyl (C=O) groups is 1. The third-order valence-corrected chi connectivity index (χ3v) is 5.60. The zero-order chi connectivity index (χ0) is 21.1. The Bertz CT molecular complexity index is 629. The molecule has 7 heteroatoms. The number of aliphatic imine (C=N–C) groups is 1. The van der Waals surface area contributed by atoms with Crippen LogP contribution in [0.15, 0.2) is 35.3 Å². The van der Waals surface area contributed by atoms with Crippen LogP contribution in [0.25, 0.3) is 0 Å². The number of hydrogen-bond donors (Lipinski definition) is 1. The summed E-state index contributed by atoms with van der Waals surface area (Å²) >= 11 is 0. The molecule has 0 bridgehead atoms. The minimum absolute atomic E-state index is 0. The number of ether oxygens (including phenoxy) is 1. The lowest BCUT2D eigenvalue weighted by Gasteiger charge is -2.34. The molecule has 1 fully saturated rings. The molecule has 0 spiro atoms. The van der Waals surface area contributed by atoms with Gasteiger partial charge in [-0.05, 0) is 45.3 Å². The van der Waals surface area contributed by atoms with Gasteiger partial charge in [-0.15, -0.1) is 24.0 Å². The second-order valence-electron chi connectivity index (χ2n) is 7.36. The van der Waals surface area contributed by atoms with Gasteiger partial charge in [0.25, 0.3) is 0 Å². The SMILES string of the molecule is CCNC(=NCC(c1ccccc1)N(CC)CC)N1CCC(C(=O)OCC)CC1.I. The van der Waals surface area contributed by atoms with Gasteiger partial charge in [-0.1, -0.05) is 44.2 Å². The largest absolute Gasteiger partial charge is 0.466 e. The van der Waals surface area contributed by atoms with Crippen LogP contribution in [-0.2, 0) is 9.53 Å². The predicted octanol–water partition coefficient (Wildman–Crippen LogP) is 3.93. The van der Waals surface area contributed by atoms with Crippen molar-refractivity contribution in [1.29, 1.82) is 0 Å². The van der Waals surface area contributed by atoms with E-state index in [-0.39, 0.29) is 41.9 Å². The summed E-state index contributed by atoms with van der Waals surface area (Å²) in [4.78, 5) is 21.8. The van der Waals surface area contributed by atoms with Crippen LogP contribution in [0.5, 0.6) is 0 Å². The topological polar surface area (TPSA) is 57.2 Å². The zero-order valence-electron chi connectivity index (χ0n) is 19.0. The van der Waals surface area contributed by atoms with Gasteiger partial charge < -0.3 is 15.0 Å². The second-order valence-corrected chi connectivity index (χ2v) is 7.36. The molecular weight excluding hydrogens is 491 g/mol. The van der Waals surface area contributed by atoms with E-state index >= 15 is 0 Å². The maximum atomic E-state index is 12.0. The smallest absolute Gasteiger partial charge is 0.309 e. The molecule has 1 aromatic carbocycles. The summed E-state index contributed by atoms with van der Waals surface area (Å²) in [5.41, 5.74) is 1.30. The van der Waals surface area contributed by atoms with E-state index in [1.165, 1.54) is 5.56 Å². The average Bonchev–Trinajstić information content (AvgIpc) is 2.76. The Morgan fingerprint density at radius 1 is 1.17 bits per heavy atom. The van der Waals surface area contributed by atoms with Gasteiger partial charge >= 0.3 is 5.97 Å². The fraction of sp³-hybridized carbons (Fsp3) is 0.652. The second kappa shape index (κ2) is 14.6. The number of esters is 1. The Balaban J connectivity index is 0.00000450. The van der Waals surface area contributed by atoms with Crippen molar-refractivity contribution < 1.29 is 9.53 Å². The van der Waals surface area contributed by atoms with Gasteiger partial charge in [-0.2, -0.15) is 0 Å². The molecule has 1 aliphatic heterocycles. The average molecular weight is 530 g/mol. The Morgan fingerprint density at radius 3 is 2.33 bits per heavy atom. The summed E-state index contributed by atoms with van der Waals surface area (Å²) in [5, 5.41) is 3.44. The summed E-state index contributed by atoms with van der Waals surface area (Å²) in [6.45, 7) is 14.0. The number of rotatable bonds is 9. The Labute approximate surface area is 199 Å². The third-order valence-electron chi connectivity index (χ3n) is 5.60. The van der Waals surface area contributed by atoms with E-state index in [0.29, 0.717) is 13.2 Å². The first-order chi connectivity index (χ1) is 14.1. The predicted molar refractivity (Wildman–Crippen MR) is 134 cm³/mol. The maximum absolute atomic E-state index is 12.0. The molecule has 0 aromatic heterocycles. The van der Waals surface area contributed by atoms with Gasteiger partial charge in [0.1, 0.15) is 0 Å². The van der Waals surface area contributed by atoms with E-state index in [0.717, 1.165) is 51.5 Å². The highest BCUT2D eigenvalue weighted by molar-refractivity contribution is 14.0. The fourth-order valence-corrected chi connectivity index (χ4v) is 3.96. The Kier molecular flexibility index (Phi) is 13.0. The van der Waals surface area contributed by atoms with E-state index < -0.39 is 0 Å². The number of halogens is 1. The quantitative estimate of drug-likeness (QED) is 0.227. The molecule has 1 atom stereocenters. The van der Waals surface area contributed by atoms with Gasteiger partial charge in [0, 0.05) is 19.6 Å². The highest BCUT2D eigenvalue weighted by Crippen LogP contribution is 2.22. The highest BCUT2D eigenvalue weighted by Gasteiger charge is 2.27. The van der Waals surface area contributed by atoms with Gasteiger partial charge in [0.2, 0.25) is 0 Å². The van der Waals surface area contributed by atoms with Crippen molar-refractivity contribution in [3.05, 3.63) is 35.9 Å². The molecule has 170 valence electrons. The number of nitrogens with zero attached hydrogens (tertiary/aromatic N) is 3. The molecule has 1 aromatic rings. The van der Waals surface area contributed by atoms with E-state index in [4.69, 9.17) is 9.73 Å². The van der Waals surface area contributed by atoms with Crippen LogP contribution in [0.3, 0.4) is 0 Å². The van der Waals surface area contributed by atoms with Crippen molar-refractivity contribution in [1.82, 2.24) is 15.1 Å². The Morgan fingerprint density at radius 2 is 1.80 bits per heavy atom. The molecular formula is C23H39IN4O2. The first kappa shape index (κ1) is 26.7.